The van der Waals surface area contributed by atoms with Crippen LogP contribution in [0, 0.1) is 10.1 Å². The van der Waals surface area contributed by atoms with Crippen LogP contribution in [0.2, 0.25) is 0 Å². The summed E-state index contributed by atoms with van der Waals surface area (Å²) in [6, 6.07) is 3.03. The van der Waals surface area contributed by atoms with Gasteiger partial charge >= 0.3 is 5.88 Å². The Labute approximate surface area is 91.1 Å². The van der Waals surface area contributed by atoms with E-state index in [4.69, 9.17) is 0 Å². The summed E-state index contributed by atoms with van der Waals surface area (Å²) in [7, 11) is -3.77. The summed E-state index contributed by atoms with van der Waals surface area (Å²) >= 11 is 1.04. The van der Waals surface area contributed by atoms with Crippen LogP contribution >= 0.6 is 11.3 Å². The molecule has 0 aliphatic rings. The predicted octanol–water partition coefficient (Wildman–Crippen LogP) is 1.48. The maximum Gasteiger partial charge on any atom is 0.306 e. The maximum absolute atomic E-state index is 11.4. The van der Waals surface area contributed by atoms with Gasteiger partial charge in [0, 0.05) is 9.80 Å². The second-order valence-corrected chi connectivity index (χ2v) is 6.14. The lowest BCUT2D eigenvalue weighted by atomic mass is 10.3. The molecular formula is C8H9NO4S2. The van der Waals surface area contributed by atoms with Crippen molar-refractivity contribution in [2.75, 3.05) is 5.88 Å². The van der Waals surface area contributed by atoms with E-state index < -0.39 is 20.6 Å². The Morgan fingerprint density at radius 1 is 1.53 bits per heavy atom. The second kappa shape index (κ2) is 4.54. The fraction of sp³-hybridized carbons (Fsp3) is 0.250. The van der Waals surface area contributed by atoms with Crippen LogP contribution in [-0.4, -0.2) is 19.2 Å². The van der Waals surface area contributed by atoms with Gasteiger partial charge in [0.2, 0.25) is 0 Å². The summed E-state index contributed by atoms with van der Waals surface area (Å²) in [6.07, 6.45) is 2.22. The first-order valence-corrected chi connectivity index (χ1v) is 6.47. The number of thiophene rings is 1. The van der Waals surface area contributed by atoms with Crippen molar-refractivity contribution in [3.8, 4) is 0 Å². The van der Waals surface area contributed by atoms with E-state index in [0.717, 1.165) is 16.2 Å². The fourth-order valence-corrected chi connectivity index (χ4v) is 3.38. The van der Waals surface area contributed by atoms with Crippen LogP contribution in [-0.2, 0) is 16.3 Å². The summed E-state index contributed by atoms with van der Waals surface area (Å²) in [6.45, 7) is 3.52. The van der Waals surface area contributed by atoms with E-state index in [1.165, 1.54) is 6.07 Å². The molecule has 0 fully saturated rings. The maximum atomic E-state index is 11.4. The molecule has 0 saturated heterocycles. The summed E-state index contributed by atoms with van der Waals surface area (Å²) in [5, 5.41) is 10.1. The molecule has 0 aliphatic carbocycles. The van der Waals surface area contributed by atoms with Crippen molar-refractivity contribution in [2.24, 2.45) is 0 Å². The van der Waals surface area contributed by atoms with E-state index in [2.05, 4.69) is 6.58 Å². The molecule has 1 aromatic rings. The molecule has 1 rings (SSSR count). The molecule has 7 heteroatoms. The summed E-state index contributed by atoms with van der Waals surface area (Å²) in [4.78, 5) is 10.1. The molecule has 5 nitrogen and oxygen atoms in total. The number of nitrogens with zero attached hydrogens (tertiary/aromatic N) is 1. The second-order valence-electron chi connectivity index (χ2n) is 2.79. The molecule has 0 amide bonds. The first kappa shape index (κ1) is 11.9. The summed E-state index contributed by atoms with van der Waals surface area (Å²) < 4.78 is 22.8. The molecule has 0 aromatic carbocycles. The Balaban J connectivity index is 2.95. The van der Waals surface area contributed by atoms with Crippen molar-refractivity contribution in [3.05, 3.63) is 39.8 Å². The van der Waals surface area contributed by atoms with Gasteiger partial charge in [-0.15, -0.1) is 17.9 Å². The minimum atomic E-state index is -3.77. The van der Waals surface area contributed by atoms with Crippen LogP contribution in [0.15, 0.2) is 29.0 Å². The van der Waals surface area contributed by atoms with Crippen LogP contribution in [0.1, 0.15) is 4.88 Å². The van der Waals surface area contributed by atoms with Crippen LogP contribution in [0.5, 0.6) is 0 Å². The molecule has 15 heavy (non-hydrogen) atoms. The summed E-state index contributed by atoms with van der Waals surface area (Å²) in [5.41, 5.74) is 0. The first-order valence-electron chi connectivity index (χ1n) is 4.00. The highest BCUT2D eigenvalue weighted by Crippen LogP contribution is 2.23. The number of nitro groups is 1. The molecular weight excluding hydrogens is 238 g/mol. The monoisotopic (exact) mass is 247 g/mol. The van der Waals surface area contributed by atoms with Crippen LogP contribution in [0.3, 0.4) is 0 Å². The van der Waals surface area contributed by atoms with Gasteiger partial charge in [0.15, 0.2) is 0 Å². The van der Waals surface area contributed by atoms with Gasteiger partial charge in [-0.3, -0.25) is 10.1 Å². The Morgan fingerprint density at radius 3 is 2.73 bits per heavy atom. The molecule has 0 spiro atoms. The van der Waals surface area contributed by atoms with Crippen molar-refractivity contribution in [1.29, 1.82) is 0 Å². The predicted molar refractivity (Wildman–Crippen MR) is 57.3 cm³/mol. The minimum Gasteiger partial charge on any atom is -0.263 e. The van der Waals surface area contributed by atoms with E-state index in [-0.39, 0.29) is 4.21 Å². The number of rotatable bonds is 5. The third kappa shape index (κ3) is 3.14. The number of hydrogen-bond donors (Lipinski definition) is 0. The normalized spacial score (nSPS) is 11.2. The standard InChI is InChI=1S/C8H9NO4S2/c1-2-3-7-4-5-8(14-7)15(12,13)6-9(10)11/h2,4-5H,1,3,6H2. The Hall–Kier alpha value is -1.21. The molecule has 0 atom stereocenters. The van der Waals surface area contributed by atoms with E-state index in [1.807, 2.05) is 0 Å². The van der Waals surface area contributed by atoms with Crippen molar-refractivity contribution in [3.63, 3.8) is 0 Å². The molecule has 0 unspecified atom stereocenters. The van der Waals surface area contributed by atoms with Crippen LogP contribution in [0.4, 0.5) is 0 Å². The van der Waals surface area contributed by atoms with E-state index in [0.29, 0.717) is 6.42 Å². The van der Waals surface area contributed by atoms with Crippen molar-refractivity contribution >= 4 is 21.2 Å². The number of hydrogen-bond acceptors (Lipinski definition) is 5. The molecule has 1 aromatic heterocycles. The molecule has 0 N–H and O–H groups in total. The molecule has 82 valence electrons. The van der Waals surface area contributed by atoms with Gasteiger partial charge in [-0.2, -0.15) is 0 Å². The van der Waals surface area contributed by atoms with Gasteiger partial charge in [-0.05, 0) is 18.6 Å². The number of sulfone groups is 1. The third-order valence-electron chi connectivity index (χ3n) is 1.56. The third-order valence-corrected chi connectivity index (χ3v) is 4.78. The first-order chi connectivity index (χ1) is 6.95. The zero-order valence-electron chi connectivity index (χ0n) is 7.75. The van der Waals surface area contributed by atoms with Gasteiger partial charge in [0.1, 0.15) is 4.21 Å². The van der Waals surface area contributed by atoms with Crippen molar-refractivity contribution < 1.29 is 13.3 Å². The van der Waals surface area contributed by atoms with Crippen molar-refractivity contribution in [1.82, 2.24) is 0 Å². The Bertz CT molecular complexity index is 475. The van der Waals surface area contributed by atoms with Crippen LogP contribution < -0.4 is 0 Å². The molecule has 0 aliphatic heterocycles. The lowest BCUT2D eigenvalue weighted by Gasteiger charge is -1.94. The topological polar surface area (TPSA) is 77.3 Å². The van der Waals surface area contributed by atoms with E-state index in [1.54, 1.807) is 12.1 Å². The SMILES string of the molecule is C=CCc1ccc(S(=O)(=O)C[N+](=O)[O-])s1. The van der Waals surface area contributed by atoms with Gasteiger partial charge in [0.25, 0.3) is 9.84 Å². The highest BCUT2D eigenvalue weighted by molar-refractivity contribution is 7.93. The van der Waals surface area contributed by atoms with E-state index >= 15 is 0 Å². The zero-order chi connectivity index (χ0) is 11.5. The van der Waals surface area contributed by atoms with Gasteiger partial charge in [-0.1, -0.05) is 6.08 Å². The van der Waals surface area contributed by atoms with E-state index in [9.17, 15) is 18.5 Å². The smallest absolute Gasteiger partial charge is 0.263 e. The lowest BCUT2D eigenvalue weighted by Crippen LogP contribution is -2.13. The lowest BCUT2D eigenvalue weighted by molar-refractivity contribution is -0.458. The van der Waals surface area contributed by atoms with Gasteiger partial charge in [-0.25, -0.2) is 8.42 Å². The van der Waals surface area contributed by atoms with Crippen molar-refractivity contribution in [2.45, 2.75) is 10.6 Å². The molecule has 1 heterocycles. The Morgan fingerprint density at radius 2 is 2.20 bits per heavy atom. The van der Waals surface area contributed by atoms with Gasteiger partial charge < -0.3 is 0 Å². The minimum absolute atomic E-state index is 0.0380. The average Bonchev–Trinajstić information content (AvgIpc) is 2.51. The highest BCUT2D eigenvalue weighted by Gasteiger charge is 2.22. The Kier molecular flexibility index (Phi) is 3.59. The largest absolute Gasteiger partial charge is 0.306 e. The summed E-state index contributed by atoms with van der Waals surface area (Å²) in [5.74, 6) is -1.05. The molecule has 0 bridgehead atoms. The molecule has 0 radical (unpaired) electrons. The quantitative estimate of drug-likeness (QED) is 0.448. The zero-order valence-corrected chi connectivity index (χ0v) is 9.38. The van der Waals surface area contributed by atoms with Crippen LogP contribution in [0.25, 0.3) is 0 Å². The fourth-order valence-electron chi connectivity index (χ4n) is 0.980. The number of allylic oxidation sites excluding steroid dienone is 1. The highest BCUT2D eigenvalue weighted by atomic mass is 32.2. The van der Waals surface area contributed by atoms with Gasteiger partial charge in [0.05, 0.1) is 0 Å². The average molecular weight is 247 g/mol. The molecule has 0 saturated carbocycles.